The molecule has 3 aliphatic carbocycles. The molecule has 1 heteroatoms. The highest BCUT2D eigenvalue weighted by Gasteiger charge is 2.51. The van der Waals surface area contributed by atoms with Crippen molar-refractivity contribution in [2.45, 2.75) is 65.2 Å². The van der Waals surface area contributed by atoms with Crippen LogP contribution in [0.1, 0.15) is 65.2 Å². The molecule has 0 heterocycles. The van der Waals surface area contributed by atoms with Crippen molar-refractivity contribution < 1.29 is 4.79 Å². The van der Waals surface area contributed by atoms with Gasteiger partial charge in [-0.15, -0.1) is 0 Å². The fraction of sp³-hybridized carbons (Fsp3) is 0.938. The molecule has 0 aliphatic heterocycles. The predicted octanol–water partition coefficient (Wildman–Crippen LogP) is 4.21. The number of carbonyl (C=O) groups excluding carboxylic acids is 1. The summed E-state index contributed by atoms with van der Waals surface area (Å²) in [7, 11) is 0. The Morgan fingerprint density at radius 2 is 2.00 bits per heavy atom. The average Bonchev–Trinajstić information content (AvgIpc) is 2.30. The lowest BCUT2D eigenvalue weighted by Crippen LogP contribution is -2.48. The zero-order chi connectivity index (χ0) is 12.0. The zero-order valence-electron chi connectivity index (χ0n) is 11.4. The molecule has 0 spiro atoms. The minimum absolute atomic E-state index is 0.511. The van der Waals surface area contributed by atoms with Gasteiger partial charge in [0.05, 0.1) is 0 Å². The van der Waals surface area contributed by atoms with E-state index in [0.717, 1.165) is 36.5 Å². The van der Waals surface area contributed by atoms with Crippen molar-refractivity contribution in [2.24, 2.45) is 29.1 Å². The summed E-state index contributed by atoms with van der Waals surface area (Å²) in [6.07, 6.45) is 10.0. The van der Waals surface area contributed by atoms with E-state index in [1.807, 2.05) is 0 Å². The molecule has 3 fully saturated rings. The average molecular weight is 234 g/mol. The fourth-order valence-electron chi connectivity index (χ4n) is 5.24. The van der Waals surface area contributed by atoms with Gasteiger partial charge in [-0.25, -0.2) is 0 Å². The molecule has 0 aromatic carbocycles. The van der Waals surface area contributed by atoms with Gasteiger partial charge in [-0.3, -0.25) is 4.79 Å². The third-order valence-electron chi connectivity index (χ3n) is 6.33. The summed E-state index contributed by atoms with van der Waals surface area (Å²) in [5, 5.41) is 0. The monoisotopic (exact) mass is 234 g/mol. The lowest BCUT2D eigenvalue weighted by Gasteiger charge is -2.56. The normalized spacial score (nSPS) is 50.6. The topological polar surface area (TPSA) is 17.1 Å². The van der Waals surface area contributed by atoms with Crippen molar-refractivity contribution in [3.05, 3.63) is 0 Å². The Balaban J connectivity index is 1.82. The Labute approximate surface area is 105 Å². The van der Waals surface area contributed by atoms with Crippen molar-refractivity contribution >= 4 is 5.78 Å². The molecule has 3 unspecified atom stereocenters. The second-order valence-electron chi connectivity index (χ2n) is 7.31. The second kappa shape index (κ2) is 4.10. The zero-order valence-corrected chi connectivity index (χ0v) is 11.4. The molecule has 3 rings (SSSR count). The van der Waals surface area contributed by atoms with Gasteiger partial charge in [0.15, 0.2) is 0 Å². The molecular weight excluding hydrogens is 208 g/mol. The SMILES string of the molecule is CC1CCC2C(CC[C@@H]3CC(=O)CC[C@@]23C)C1. The summed E-state index contributed by atoms with van der Waals surface area (Å²) in [4.78, 5) is 11.7. The number of rotatable bonds is 0. The van der Waals surface area contributed by atoms with Crippen LogP contribution >= 0.6 is 0 Å². The first-order valence-electron chi connectivity index (χ1n) is 7.61. The van der Waals surface area contributed by atoms with Crippen molar-refractivity contribution in [1.82, 2.24) is 0 Å². The molecule has 0 radical (unpaired) electrons. The van der Waals surface area contributed by atoms with Gasteiger partial charge in [-0.05, 0) is 61.2 Å². The number of hydrogen-bond acceptors (Lipinski definition) is 1. The van der Waals surface area contributed by atoms with E-state index in [4.69, 9.17) is 0 Å². The van der Waals surface area contributed by atoms with E-state index in [2.05, 4.69) is 13.8 Å². The van der Waals surface area contributed by atoms with Gasteiger partial charge in [0, 0.05) is 12.8 Å². The molecule has 0 aromatic rings. The molecule has 0 N–H and O–H groups in total. The van der Waals surface area contributed by atoms with Crippen LogP contribution in [0.3, 0.4) is 0 Å². The lowest BCUT2D eigenvalue weighted by atomic mass is 9.49. The highest BCUT2D eigenvalue weighted by molar-refractivity contribution is 5.79. The van der Waals surface area contributed by atoms with Gasteiger partial charge in [0.25, 0.3) is 0 Å². The van der Waals surface area contributed by atoms with Crippen LogP contribution in [0, 0.1) is 29.1 Å². The largest absolute Gasteiger partial charge is 0.300 e. The van der Waals surface area contributed by atoms with Gasteiger partial charge in [-0.1, -0.05) is 20.3 Å². The highest BCUT2D eigenvalue weighted by atomic mass is 16.1. The molecule has 0 amide bonds. The Hall–Kier alpha value is -0.330. The van der Waals surface area contributed by atoms with E-state index in [1.165, 1.54) is 38.5 Å². The number of carbonyl (C=O) groups is 1. The van der Waals surface area contributed by atoms with Crippen molar-refractivity contribution in [3.8, 4) is 0 Å². The molecule has 96 valence electrons. The van der Waals surface area contributed by atoms with Crippen LogP contribution < -0.4 is 0 Å². The first kappa shape index (κ1) is 11.7. The van der Waals surface area contributed by atoms with Crippen LogP contribution in [0.5, 0.6) is 0 Å². The molecule has 1 nitrogen and oxygen atoms in total. The van der Waals surface area contributed by atoms with Gasteiger partial charge < -0.3 is 0 Å². The van der Waals surface area contributed by atoms with Gasteiger partial charge in [-0.2, -0.15) is 0 Å². The van der Waals surface area contributed by atoms with Crippen LogP contribution in [0.4, 0.5) is 0 Å². The Bertz CT molecular complexity index is 321. The second-order valence-corrected chi connectivity index (χ2v) is 7.31. The summed E-state index contributed by atoms with van der Waals surface area (Å²) in [5.74, 6) is 4.12. The van der Waals surface area contributed by atoms with Gasteiger partial charge in [0.2, 0.25) is 0 Å². The van der Waals surface area contributed by atoms with Crippen LogP contribution in [0.2, 0.25) is 0 Å². The summed E-state index contributed by atoms with van der Waals surface area (Å²) >= 11 is 0. The van der Waals surface area contributed by atoms with Gasteiger partial charge in [0.1, 0.15) is 5.78 Å². The molecule has 0 aromatic heterocycles. The molecule has 3 aliphatic rings. The van der Waals surface area contributed by atoms with E-state index >= 15 is 0 Å². The number of fused-ring (bicyclic) bond motifs is 3. The molecule has 3 saturated carbocycles. The van der Waals surface area contributed by atoms with Crippen molar-refractivity contribution in [1.29, 1.82) is 0 Å². The highest BCUT2D eigenvalue weighted by Crippen LogP contribution is 2.58. The van der Waals surface area contributed by atoms with E-state index in [9.17, 15) is 4.79 Å². The third kappa shape index (κ3) is 1.86. The summed E-state index contributed by atoms with van der Waals surface area (Å²) in [5.41, 5.74) is 0.511. The van der Waals surface area contributed by atoms with Crippen LogP contribution in [-0.4, -0.2) is 5.78 Å². The quantitative estimate of drug-likeness (QED) is 0.613. The summed E-state index contributed by atoms with van der Waals surface area (Å²) in [6.45, 7) is 4.94. The summed E-state index contributed by atoms with van der Waals surface area (Å²) in [6, 6.07) is 0. The maximum atomic E-state index is 11.7. The third-order valence-corrected chi connectivity index (χ3v) is 6.33. The van der Waals surface area contributed by atoms with E-state index in [1.54, 1.807) is 0 Å². The number of hydrogen-bond donors (Lipinski definition) is 0. The molecular formula is C16H26O. The lowest BCUT2D eigenvalue weighted by molar-refractivity contribution is -0.132. The predicted molar refractivity (Wildman–Crippen MR) is 69.7 cm³/mol. The van der Waals surface area contributed by atoms with Gasteiger partial charge >= 0.3 is 0 Å². The van der Waals surface area contributed by atoms with E-state index in [-0.39, 0.29) is 0 Å². The number of Topliss-reactive ketones (excluding diaryl/α,β-unsaturated/α-hetero) is 1. The van der Waals surface area contributed by atoms with E-state index < -0.39 is 0 Å². The van der Waals surface area contributed by atoms with Crippen LogP contribution in [-0.2, 0) is 4.79 Å². The summed E-state index contributed by atoms with van der Waals surface area (Å²) < 4.78 is 0. The molecule has 5 atom stereocenters. The fourth-order valence-corrected chi connectivity index (χ4v) is 5.24. The first-order chi connectivity index (χ1) is 8.09. The maximum absolute atomic E-state index is 11.7. The van der Waals surface area contributed by atoms with E-state index in [0.29, 0.717) is 11.2 Å². The Morgan fingerprint density at radius 3 is 2.82 bits per heavy atom. The standard InChI is InChI=1S/C16H26O/c1-11-3-6-15-12(9-11)4-5-13-10-14(17)7-8-16(13,15)2/h11-13,15H,3-10H2,1-2H3/t11?,12?,13-,15?,16-/m1/s1. The van der Waals surface area contributed by atoms with Crippen molar-refractivity contribution in [3.63, 3.8) is 0 Å². The first-order valence-corrected chi connectivity index (χ1v) is 7.61. The molecule has 0 bridgehead atoms. The minimum atomic E-state index is 0.511. The van der Waals surface area contributed by atoms with Crippen LogP contribution in [0.15, 0.2) is 0 Å². The van der Waals surface area contributed by atoms with Crippen LogP contribution in [0.25, 0.3) is 0 Å². The van der Waals surface area contributed by atoms with Crippen molar-refractivity contribution in [2.75, 3.05) is 0 Å². The molecule has 0 saturated heterocycles. The Morgan fingerprint density at radius 1 is 1.18 bits per heavy atom. The number of ketones is 1. The molecule has 17 heavy (non-hydrogen) atoms. The Kier molecular flexibility index (Phi) is 2.83. The minimum Gasteiger partial charge on any atom is -0.300 e. The maximum Gasteiger partial charge on any atom is 0.133 e. The smallest absolute Gasteiger partial charge is 0.133 e.